The van der Waals surface area contributed by atoms with Crippen LogP contribution in [0.5, 0.6) is 0 Å². The second-order valence-corrected chi connectivity index (χ2v) is 9.21. The van der Waals surface area contributed by atoms with Gasteiger partial charge in [-0.3, -0.25) is 9.59 Å². The molecule has 2 amide bonds. The number of hydrogen-bond acceptors (Lipinski definition) is 3. The van der Waals surface area contributed by atoms with Crippen LogP contribution in [0, 0.1) is 23.7 Å². The quantitative estimate of drug-likeness (QED) is 0.801. The standard InChI is InChI=1S/C22H29N3O2/c1-14-5-4-10-25(13-14)21(27)18-11-16-9-8-15(18)12-22(16)23-19-7-3-2-6-17(19)20(26)24-22/h2-3,6-7,14-16,18,23H,4-5,8-13H2,1H3,(H,24,26)/t14?,15?,16?,18?,22-/m1/s1. The third kappa shape index (κ3) is 2.74. The normalized spacial score (nSPS) is 37.5. The van der Waals surface area contributed by atoms with Gasteiger partial charge in [-0.15, -0.1) is 0 Å². The molecule has 6 rings (SSSR count). The minimum Gasteiger partial charge on any atom is -0.362 e. The van der Waals surface area contributed by atoms with E-state index in [1.165, 1.54) is 6.42 Å². The lowest BCUT2D eigenvalue weighted by atomic mass is 9.58. The van der Waals surface area contributed by atoms with E-state index in [1.807, 2.05) is 24.3 Å². The summed E-state index contributed by atoms with van der Waals surface area (Å²) in [5.41, 5.74) is 1.28. The first-order chi connectivity index (χ1) is 13.1. The van der Waals surface area contributed by atoms with Crippen molar-refractivity contribution in [1.82, 2.24) is 10.2 Å². The molecule has 1 aromatic carbocycles. The first kappa shape index (κ1) is 17.1. The number of nitrogens with zero attached hydrogens (tertiary/aromatic N) is 1. The molecular weight excluding hydrogens is 338 g/mol. The number of rotatable bonds is 1. The number of hydrogen-bond donors (Lipinski definition) is 2. The van der Waals surface area contributed by atoms with Crippen LogP contribution in [-0.2, 0) is 4.79 Å². The Morgan fingerprint density at radius 1 is 1.19 bits per heavy atom. The highest BCUT2D eigenvalue weighted by molar-refractivity contribution is 6.02. The number of carbonyl (C=O) groups excluding carboxylic acids is 2. The predicted octanol–water partition coefficient (Wildman–Crippen LogP) is 3.23. The number of piperidine rings is 1. The molecule has 4 fully saturated rings. The van der Waals surface area contributed by atoms with Crippen molar-refractivity contribution in [3.05, 3.63) is 29.8 Å². The predicted molar refractivity (Wildman–Crippen MR) is 104 cm³/mol. The lowest BCUT2D eigenvalue weighted by Crippen LogP contribution is -2.68. The van der Waals surface area contributed by atoms with Crippen LogP contribution in [0.1, 0.15) is 55.8 Å². The molecular formula is C22H29N3O2. The second-order valence-electron chi connectivity index (χ2n) is 9.21. The molecule has 5 atom stereocenters. The van der Waals surface area contributed by atoms with E-state index in [4.69, 9.17) is 0 Å². The van der Waals surface area contributed by atoms with Gasteiger partial charge in [0.05, 0.1) is 5.56 Å². The Morgan fingerprint density at radius 3 is 2.81 bits per heavy atom. The van der Waals surface area contributed by atoms with Gasteiger partial charge in [0.1, 0.15) is 5.66 Å². The summed E-state index contributed by atoms with van der Waals surface area (Å²) in [6.45, 7) is 4.09. The summed E-state index contributed by atoms with van der Waals surface area (Å²) in [7, 11) is 0. The number of nitrogens with one attached hydrogen (secondary N) is 2. The lowest BCUT2D eigenvalue weighted by Gasteiger charge is -2.57. The molecule has 2 N–H and O–H groups in total. The Balaban J connectivity index is 1.36. The van der Waals surface area contributed by atoms with Crippen LogP contribution in [0.4, 0.5) is 5.69 Å². The van der Waals surface area contributed by atoms with Crippen LogP contribution >= 0.6 is 0 Å². The summed E-state index contributed by atoms with van der Waals surface area (Å²) in [5, 5.41) is 6.95. The van der Waals surface area contributed by atoms with E-state index in [0.29, 0.717) is 23.7 Å². The Hall–Kier alpha value is -2.04. The average molecular weight is 367 g/mol. The molecule has 27 heavy (non-hydrogen) atoms. The van der Waals surface area contributed by atoms with Gasteiger partial charge in [-0.1, -0.05) is 19.1 Å². The van der Waals surface area contributed by atoms with Gasteiger partial charge >= 0.3 is 0 Å². The van der Waals surface area contributed by atoms with Crippen LogP contribution in [-0.4, -0.2) is 35.5 Å². The smallest absolute Gasteiger partial charge is 0.255 e. The van der Waals surface area contributed by atoms with Gasteiger partial charge in [-0.05, 0) is 62.5 Å². The van der Waals surface area contributed by atoms with E-state index in [1.54, 1.807) is 0 Å². The van der Waals surface area contributed by atoms with E-state index < -0.39 is 0 Å². The van der Waals surface area contributed by atoms with E-state index in [-0.39, 0.29) is 17.5 Å². The SMILES string of the molecule is CC1CCCN(C(=O)C2CC3CCC2C[C@@]32NC(=O)c3ccccc3N2)C1. The van der Waals surface area contributed by atoms with Crippen LogP contribution < -0.4 is 10.6 Å². The molecule has 2 heterocycles. The van der Waals surface area contributed by atoms with E-state index in [2.05, 4.69) is 22.5 Å². The number of anilines is 1. The minimum atomic E-state index is -0.375. The lowest BCUT2D eigenvalue weighted by molar-refractivity contribution is -0.144. The van der Waals surface area contributed by atoms with E-state index >= 15 is 0 Å². The fourth-order valence-corrected chi connectivity index (χ4v) is 6.07. The summed E-state index contributed by atoms with van der Waals surface area (Å²) in [4.78, 5) is 28.1. The van der Waals surface area contributed by atoms with Crippen LogP contribution in [0.15, 0.2) is 24.3 Å². The zero-order chi connectivity index (χ0) is 18.6. The molecule has 5 nitrogen and oxygen atoms in total. The molecule has 3 aliphatic carbocycles. The van der Waals surface area contributed by atoms with Crippen LogP contribution in [0.3, 0.4) is 0 Å². The monoisotopic (exact) mass is 367 g/mol. The molecule has 1 aromatic rings. The first-order valence-electron chi connectivity index (χ1n) is 10.5. The number of carbonyl (C=O) groups is 2. The van der Waals surface area contributed by atoms with Crippen molar-refractivity contribution in [3.63, 3.8) is 0 Å². The summed E-state index contributed by atoms with van der Waals surface area (Å²) in [5.74, 6) is 1.81. The van der Waals surface area contributed by atoms with Gasteiger partial charge in [0.15, 0.2) is 0 Å². The first-order valence-corrected chi connectivity index (χ1v) is 10.5. The van der Waals surface area contributed by atoms with Crippen molar-refractivity contribution in [2.24, 2.45) is 23.7 Å². The van der Waals surface area contributed by atoms with E-state index in [9.17, 15) is 9.59 Å². The number of para-hydroxylation sites is 1. The zero-order valence-corrected chi connectivity index (χ0v) is 16.0. The summed E-state index contributed by atoms with van der Waals surface area (Å²) in [6.07, 6.45) is 6.30. The van der Waals surface area contributed by atoms with Crippen molar-refractivity contribution in [3.8, 4) is 0 Å². The second kappa shape index (κ2) is 6.25. The maximum atomic E-state index is 13.2. The molecule has 1 saturated heterocycles. The highest BCUT2D eigenvalue weighted by atomic mass is 16.2. The van der Waals surface area contributed by atoms with Gasteiger partial charge in [-0.25, -0.2) is 0 Å². The maximum Gasteiger partial charge on any atom is 0.255 e. The van der Waals surface area contributed by atoms with Gasteiger partial charge in [0.25, 0.3) is 5.91 Å². The largest absolute Gasteiger partial charge is 0.362 e. The number of fused-ring (bicyclic) bond motifs is 3. The number of benzene rings is 1. The fourth-order valence-electron chi connectivity index (χ4n) is 6.07. The van der Waals surface area contributed by atoms with Crippen molar-refractivity contribution < 1.29 is 9.59 Å². The van der Waals surface area contributed by atoms with Gasteiger partial charge < -0.3 is 15.5 Å². The molecule has 144 valence electrons. The fraction of sp³-hybridized carbons (Fsp3) is 0.636. The summed E-state index contributed by atoms with van der Waals surface area (Å²) in [6, 6.07) is 7.74. The Kier molecular flexibility index (Phi) is 3.95. The topological polar surface area (TPSA) is 61.4 Å². The number of amides is 2. The van der Waals surface area contributed by atoms with Crippen molar-refractivity contribution in [1.29, 1.82) is 0 Å². The Morgan fingerprint density at radius 2 is 2.04 bits per heavy atom. The van der Waals surface area contributed by atoms with Crippen LogP contribution in [0.25, 0.3) is 0 Å². The summed E-state index contributed by atoms with van der Waals surface area (Å²) < 4.78 is 0. The minimum absolute atomic E-state index is 0.0182. The molecule has 5 heteroatoms. The molecule has 5 aliphatic rings. The van der Waals surface area contributed by atoms with Crippen LogP contribution in [0.2, 0.25) is 0 Å². The molecule has 0 radical (unpaired) electrons. The van der Waals surface area contributed by atoms with Gasteiger partial charge in [-0.2, -0.15) is 0 Å². The molecule has 2 aliphatic heterocycles. The third-order valence-corrected chi connectivity index (χ3v) is 7.43. The Bertz CT molecular complexity index is 779. The van der Waals surface area contributed by atoms with Crippen molar-refractivity contribution in [2.75, 3.05) is 18.4 Å². The average Bonchev–Trinajstić information content (AvgIpc) is 2.68. The molecule has 4 unspecified atom stereocenters. The zero-order valence-electron chi connectivity index (χ0n) is 16.0. The highest BCUT2D eigenvalue weighted by Gasteiger charge is 2.55. The van der Waals surface area contributed by atoms with E-state index in [0.717, 1.165) is 56.4 Å². The van der Waals surface area contributed by atoms with Crippen molar-refractivity contribution in [2.45, 2.75) is 51.1 Å². The third-order valence-electron chi connectivity index (χ3n) is 7.43. The van der Waals surface area contributed by atoms with Crippen molar-refractivity contribution >= 4 is 17.5 Å². The van der Waals surface area contributed by atoms with Gasteiger partial charge in [0, 0.05) is 30.6 Å². The number of likely N-dealkylation sites (tertiary alicyclic amines) is 1. The summed E-state index contributed by atoms with van der Waals surface area (Å²) >= 11 is 0. The maximum absolute atomic E-state index is 13.2. The van der Waals surface area contributed by atoms with Gasteiger partial charge in [0.2, 0.25) is 5.91 Å². The molecule has 3 saturated carbocycles. The molecule has 2 bridgehead atoms. The Labute approximate surface area is 160 Å². The molecule has 0 aromatic heterocycles. The molecule has 1 spiro atoms. The highest BCUT2D eigenvalue weighted by Crippen LogP contribution is 2.52.